The SMILES string of the molecule is CC1CN(S(=O)(=O)c2c[nH]c(CN)c2)CC(C)S1. The number of thioether (sulfide) groups is 1. The van der Waals surface area contributed by atoms with Crippen LogP contribution in [0.1, 0.15) is 19.5 Å². The van der Waals surface area contributed by atoms with Gasteiger partial charge in [-0.05, 0) is 6.07 Å². The average molecular weight is 289 g/mol. The van der Waals surface area contributed by atoms with Gasteiger partial charge >= 0.3 is 0 Å². The number of nitrogens with zero attached hydrogens (tertiary/aromatic N) is 1. The summed E-state index contributed by atoms with van der Waals surface area (Å²) in [4.78, 5) is 3.20. The topological polar surface area (TPSA) is 79.2 Å². The van der Waals surface area contributed by atoms with Gasteiger partial charge in [0, 0.05) is 42.0 Å². The second kappa shape index (κ2) is 5.24. The summed E-state index contributed by atoms with van der Waals surface area (Å²) in [7, 11) is -3.38. The molecule has 0 bridgehead atoms. The first kappa shape index (κ1) is 13.9. The minimum absolute atomic E-state index is 0.314. The van der Waals surface area contributed by atoms with E-state index in [0.717, 1.165) is 5.69 Å². The zero-order valence-electron chi connectivity index (χ0n) is 10.6. The van der Waals surface area contributed by atoms with Gasteiger partial charge < -0.3 is 10.7 Å². The van der Waals surface area contributed by atoms with E-state index in [-0.39, 0.29) is 0 Å². The van der Waals surface area contributed by atoms with Crippen LogP contribution in [0.2, 0.25) is 0 Å². The van der Waals surface area contributed by atoms with Crippen molar-refractivity contribution < 1.29 is 8.42 Å². The highest BCUT2D eigenvalue weighted by atomic mass is 32.2. The number of H-pyrrole nitrogens is 1. The maximum Gasteiger partial charge on any atom is 0.244 e. The van der Waals surface area contributed by atoms with Crippen LogP contribution in [0, 0.1) is 0 Å². The molecule has 2 heterocycles. The van der Waals surface area contributed by atoms with Gasteiger partial charge in [-0.15, -0.1) is 0 Å². The Hall–Kier alpha value is -0.500. The number of aromatic amines is 1. The minimum Gasteiger partial charge on any atom is -0.363 e. The standard InChI is InChI=1S/C11H19N3O2S2/c1-8-6-14(7-9(2)17-8)18(15,16)11-3-10(4-12)13-5-11/h3,5,8-9,13H,4,6-7,12H2,1-2H3. The molecule has 0 saturated carbocycles. The highest BCUT2D eigenvalue weighted by Gasteiger charge is 2.32. The second-order valence-corrected chi connectivity index (χ2v) is 8.46. The third kappa shape index (κ3) is 2.74. The Labute approximate surface area is 112 Å². The molecule has 2 atom stereocenters. The lowest BCUT2D eigenvalue weighted by atomic mass is 10.4. The predicted molar refractivity (Wildman–Crippen MR) is 74.0 cm³/mol. The van der Waals surface area contributed by atoms with Gasteiger partial charge in [-0.3, -0.25) is 0 Å². The molecule has 1 aliphatic rings. The van der Waals surface area contributed by atoms with Crippen LogP contribution in [0.4, 0.5) is 0 Å². The fourth-order valence-electron chi connectivity index (χ4n) is 2.16. The average Bonchev–Trinajstić information content (AvgIpc) is 2.76. The Morgan fingerprint density at radius 3 is 2.56 bits per heavy atom. The molecule has 1 aromatic heterocycles. The van der Waals surface area contributed by atoms with Crippen LogP contribution in [0.5, 0.6) is 0 Å². The molecule has 0 radical (unpaired) electrons. The van der Waals surface area contributed by atoms with Gasteiger partial charge in [-0.25, -0.2) is 8.42 Å². The normalized spacial score (nSPS) is 26.4. The Morgan fingerprint density at radius 1 is 1.44 bits per heavy atom. The van der Waals surface area contributed by atoms with Crippen molar-refractivity contribution in [2.75, 3.05) is 13.1 Å². The Kier molecular flexibility index (Phi) is 4.05. The Balaban J connectivity index is 2.25. The lowest BCUT2D eigenvalue weighted by molar-refractivity contribution is 0.405. The number of nitrogens with two attached hydrogens (primary N) is 1. The predicted octanol–water partition coefficient (Wildman–Crippen LogP) is 0.988. The first-order valence-corrected chi connectivity index (χ1v) is 8.34. The summed E-state index contributed by atoms with van der Waals surface area (Å²) in [5, 5.41) is 0.660. The number of nitrogens with one attached hydrogen (secondary N) is 1. The van der Waals surface area contributed by atoms with Crippen LogP contribution in [0.3, 0.4) is 0 Å². The molecular weight excluding hydrogens is 270 g/mol. The van der Waals surface area contributed by atoms with Crippen molar-refractivity contribution in [3.63, 3.8) is 0 Å². The first-order chi connectivity index (χ1) is 8.43. The molecule has 5 nitrogen and oxygen atoms in total. The van der Waals surface area contributed by atoms with Gasteiger partial charge in [0.05, 0.1) is 4.90 Å². The lowest BCUT2D eigenvalue weighted by Crippen LogP contribution is -2.43. The van der Waals surface area contributed by atoms with Crippen LogP contribution in [0.25, 0.3) is 0 Å². The molecule has 0 spiro atoms. The molecule has 3 N–H and O–H groups in total. The van der Waals surface area contributed by atoms with E-state index in [0.29, 0.717) is 35.0 Å². The molecule has 0 amide bonds. The largest absolute Gasteiger partial charge is 0.363 e. The van der Waals surface area contributed by atoms with Gasteiger partial charge in [-0.2, -0.15) is 16.1 Å². The maximum atomic E-state index is 12.5. The summed E-state index contributed by atoms with van der Waals surface area (Å²) in [6.07, 6.45) is 1.52. The third-order valence-corrected chi connectivity index (χ3v) is 6.00. The van der Waals surface area contributed by atoms with E-state index in [1.807, 2.05) is 11.8 Å². The molecule has 1 aromatic rings. The summed E-state index contributed by atoms with van der Waals surface area (Å²) in [5.74, 6) is 0. The van der Waals surface area contributed by atoms with Crippen molar-refractivity contribution in [1.82, 2.24) is 9.29 Å². The molecule has 1 fully saturated rings. The van der Waals surface area contributed by atoms with E-state index in [1.54, 1.807) is 10.4 Å². The highest BCUT2D eigenvalue weighted by molar-refractivity contribution is 8.00. The zero-order valence-corrected chi connectivity index (χ0v) is 12.2. The van der Waals surface area contributed by atoms with E-state index in [4.69, 9.17) is 5.73 Å². The quantitative estimate of drug-likeness (QED) is 0.869. The van der Waals surface area contributed by atoms with Crippen LogP contribution in [-0.4, -0.2) is 41.3 Å². The zero-order chi connectivity index (χ0) is 13.3. The number of rotatable bonds is 3. The van der Waals surface area contributed by atoms with Crippen molar-refractivity contribution in [3.05, 3.63) is 18.0 Å². The number of hydrogen-bond acceptors (Lipinski definition) is 4. The van der Waals surface area contributed by atoms with E-state index in [1.165, 1.54) is 6.20 Å². The molecule has 18 heavy (non-hydrogen) atoms. The van der Waals surface area contributed by atoms with Crippen molar-refractivity contribution in [2.45, 2.75) is 35.8 Å². The number of aromatic nitrogens is 1. The van der Waals surface area contributed by atoms with E-state index >= 15 is 0 Å². The molecule has 1 aliphatic heterocycles. The monoisotopic (exact) mass is 289 g/mol. The highest BCUT2D eigenvalue weighted by Crippen LogP contribution is 2.28. The summed E-state index contributed by atoms with van der Waals surface area (Å²) >= 11 is 1.83. The Morgan fingerprint density at radius 2 is 2.06 bits per heavy atom. The van der Waals surface area contributed by atoms with E-state index < -0.39 is 10.0 Å². The van der Waals surface area contributed by atoms with Gasteiger partial charge in [0.1, 0.15) is 0 Å². The summed E-state index contributed by atoms with van der Waals surface area (Å²) in [6.45, 7) is 5.58. The molecule has 2 rings (SSSR count). The van der Waals surface area contributed by atoms with Gasteiger partial charge in [0.15, 0.2) is 0 Å². The van der Waals surface area contributed by atoms with Crippen molar-refractivity contribution >= 4 is 21.8 Å². The fourth-order valence-corrected chi connectivity index (χ4v) is 5.31. The van der Waals surface area contributed by atoms with E-state index in [2.05, 4.69) is 18.8 Å². The van der Waals surface area contributed by atoms with Crippen LogP contribution < -0.4 is 5.73 Å². The fraction of sp³-hybridized carbons (Fsp3) is 0.636. The lowest BCUT2D eigenvalue weighted by Gasteiger charge is -2.33. The molecular formula is C11H19N3O2S2. The Bertz CT molecular complexity index is 502. The summed E-state index contributed by atoms with van der Waals surface area (Å²) in [6, 6.07) is 1.62. The third-order valence-electron chi connectivity index (χ3n) is 2.96. The molecule has 102 valence electrons. The van der Waals surface area contributed by atoms with Crippen LogP contribution in [-0.2, 0) is 16.6 Å². The van der Waals surface area contributed by atoms with Crippen molar-refractivity contribution in [1.29, 1.82) is 0 Å². The van der Waals surface area contributed by atoms with Crippen LogP contribution >= 0.6 is 11.8 Å². The molecule has 7 heteroatoms. The maximum absolute atomic E-state index is 12.5. The molecule has 0 aliphatic carbocycles. The number of hydrogen-bond donors (Lipinski definition) is 2. The van der Waals surface area contributed by atoms with Crippen molar-refractivity contribution in [2.24, 2.45) is 5.73 Å². The molecule has 2 unspecified atom stereocenters. The second-order valence-electron chi connectivity index (χ2n) is 4.64. The summed E-state index contributed by atoms with van der Waals surface area (Å²) in [5.41, 5.74) is 6.22. The van der Waals surface area contributed by atoms with Crippen molar-refractivity contribution in [3.8, 4) is 0 Å². The molecule has 1 saturated heterocycles. The smallest absolute Gasteiger partial charge is 0.244 e. The number of sulfonamides is 1. The van der Waals surface area contributed by atoms with Gasteiger partial charge in [0.25, 0.3) is 0 Å². The first-order valence-electron chi connectivity index (χ1n) is 5.96. The summed E-state index contributed by atoms with van der Waals surface area (Å²) < 4.78 is 26.5. The van der Waals surface area contributed by atoms with Gasteiger partial charge in [-0.1, -0.05) is 13.8 Å². The van der Waals surface area contributed by atoms with Crippen LogP contribution in [0.15, 0.2) is 17.2 Å². The van der Waals surface area contributed by atoms with Gasteiger partial charge in [0.2, 0.25) is 10.0 Å². The van der Waals surface area contributed by atoms with E-state index in [9.17, 15) is 8.42 Å². The minimum atomic E-state index is -3.38. The molecule has 0 aromatic carbocycles.